The average Bonchev–Trinajstić information content (AvgIpc) is 2.88. The molecule has 2 N–H and O–H groups in total. The van der Waals surface area contributed by atoms with Crippen molar-refractivity contribution < 1.29 is 23.2 Å². The molecule has 0 unspecified atom stereocenters. The highest BCUT2D eigenvalue weighted by Gasteiger charge is 2.37. The standard InChI is InChI=1S/C15H18N4O5S/c1-8(20)19-5-4-9-11(7-19)12(25(23,24)18(2)3)6-10-13(9)16-15(21)14(10)17-22/h6,22H,4-5,7H2,1-3H3,(H,16,17,21). The van der Waals surface area contributed by atoms with Gasteiger partial charge in [-0.2, -0.15) is 0 Å². The van der Waals surface area contributed by atoms with Gasteiger partial charge in [-0.05, 0) is 23.6 Å². The number of nitrogens with zero attached hydrogens (tertiary/aromatic N) is 3. The van der Waals surface area contributed by atoms with Gasteiger partial charge < -0.3 is 15.4 Å². The zero-order valence-electron chi connectivity index (χ0n) is 14.0. The van der Waals surface area contributed by atoms with Gasteiger partial charge in [-0.25, -0.2) is 12.7 Å². The number of sulfonamides is 1. The number of hydrogen-bond donors (Lipinski definition) is 2. The van der Waals surface area contributed by atoms with Gasteiger partial charge in [0.1, 0.15) is 0 Å². The van der Waals surface area contributed by atoms with Crippen LogP contribution in [-0.4, -0.2) is 61.0 Å². The van der Waals surface area contributed by atoms with Crippen LogP contribution in [0, 0.1) is 0 Å². The second kappa shape index (κ2) is 5.81. The van der Waals surface area contributed by atoms with Crippen LogP contribution in [0.3, 0.4) is 0 Å². The minimum atomic E-state index is -3.82. The average molecular weight is 366 g/mol. The number of rotatable bonds is 2. The van der Waals surface area contributed by atoms with Crippen LogP contribution in [0.15, 0.2) is 16.1 Å². The molecule has 0 fully saturated rings. The first kappa shape index (κ1) is 17.4. The molecule has 0 radical (unpaired) electrons. The Labute approximate surface area is 145 Å². The molecular weight excluding hydrogens is 348 g/mol. The lowest BCUT2D eigenvalue weighted by molar-refractivity contribution is -0.129. The first-order valence-corrected chi connectivity index (χ1v) is 9.03. The number of benzene rings is 1. The van der Waals surface area contributed by atoms with Gasteiger partial charge in [-0.3, -0.25) is 9.59 Å². The fourth-order valence-corrected chi connectivity index (χ4v) is 4.30. The van der Waals surface area contributed by atoms with Crippen LogP contribution < -0.4 is 5.32 Å². The number of amides is 2. The summed E-state index contributed by atoms with van der Waals surface area (Å²) < 4.78 is 26.6. The van der Waals surface area contributed by atoms with Crippen LogP contribution in [-0.2, 0) is 32.6 Å². The summed E-state index contributed by atoms with van der Waals surface area (Å²) in [6.45, 7) is 1.99. The van der Waals surface area contributed by atoms with Crippen molar-refractivity contribution in [3.63, 3.8) is 0 Å². The highest BCUT2D eigenvalue weighted by molar-refractivity contribution is 7.89. The van der Waals surface area contributed by atoms with E-state index in [1.807, 2.05) is 0 Å². The number of hydrogen-bond acceptors (Lipinski definition) is 6. The molecule has 0 saturated carbocycles. The molecular formula is C15H18N4O5S. The molecule has 2 aliphatic rings. The van der Waals surface area contributed by atoms with E-state index in [2.05, 4.69) is 10.5 Å². The van der Waals surface area contributed by atoms with Crippen molar-refractivity contribution in [1.82, 2.24) is 9.21 Å². The number of oxime groups is 1. The number of nitrogens with one attached hydrogen (secondary N) is 1. The van der Waals surface area contributed by atoms with Crippen molar-refractivity contribution >= 4 is 33.2 Å². The van der Waals surface area contributed by atoms with E-state index in [9.17, 15) is 18.0 Å². The first-order valence-electron chi connectivity index (χ1n) is 7.59. The molecule has 2 amide bonds. The Kier molecular flexibility index (Phi) is 4.04. The van der Waals surface area contributed by atoms with Crippen LogP contribution in [0.4, 0.5) is 5.69 Å². The summed E-state index contributed by atoms with van der Waals surface area (Å²) in [4.78, 5) is 25.3. The lowest BCUT2D eigenvalue weighted by Gasteiger charge is -2.31. The molecule has 0 saturated heterocycles. The second-order valence-electron chi connectivity index (χ2n) is 6.14. The Bertz CT molecular complexity index is 920. The van der Waals surface area contributed by atoms with E-state index in [1.54, 1.807) is 4.90 Å². The summed E-state index contributed by atoms with van der Waals surface area (Å²) in [5.41, 5.74) is 1.62. The fourth-order valence-electron chi connectivity index (χ4n) is 3.14. The number of anilines is 1. The Morgan fingerprint density at radius 2 is 2.04 bits per heavy atom. The van der Waals surface area contributed by atoms with E-state index in [4.69, 9.17) is 5.21 Å². The molecule has 3 rings (SSSR count). The van der Waals surface area contributed by atoms with Crippen LogP contribution in [0.25, 0.3) is 0 Å². The number of fused-ring (bicyclic) bond motifs is 3. The highest BCUT2D eigenvalue weighted by Crippen LogP contribution is 2.38. The topological polar surface area (TPSA) is 119 Å². The molecule has 25 heavy (non-hydrogen) atoms. The van der Waals surface area contributed by atoms with Gasteiger partial charge in [0.05, 0.1) is 10.6 Å². The normalized spacial score (nSPS) is 18.3. The zero-order chi connectivity index (χ0) is 18.5. The fraction of sp³-hybridized carbons (Fsp3) is 0.400. The largest absolute Gasteiger partial charge is 0.410 e. The van der Waals surface area contributed by atoms with Gasteiger partial charge in [-0.15, -0.1) is 0 Å². The van der Waals surface area contributed by atoms with Gasteiger partial charge in [0.2, 0.25) is 15.9 Å². The molecule has 2 aliphatic heterocycles. The minimum absolute atomic E-state index is 0.00912. The van der Waals surface area contributed by atoms with Crippen molar-refractivity contribution in [1.29, 1.82) is 0 Å². The zero-order valence-corrected chi connectivity index (χ0v) is 14.8. The summed E-state index contributed by atoms with van der Waals surface area (Å²) in [5, 5.41) is 14.8. The van der Waals surface area contributed by atoms with E-state index in [0.717, 1.165) is 4.31 Å². The van der Waals surface area contributed by atoms with Crippen molar-refractivity contribution in [2.24, 2.45) is 5.16 Å². The monoisotopic (exact) mass is 366 g/mol. The van der Waals surface area contributed by atoms with Gasteiger partial charge in [-0.1, -0.05) is 5.16 Å². The molecule has 2 heterocycles. The SMILES string of the molecule is CC(=O)N1CCc2c(c(S(=O)(=O)N(C)C)cc3c2NC(=O)/C3=N\O)C1. The lowest BCUT2D eigenvalue weighted by Crippen LogP contribution is -2.36. The van der Waals surface area contributed by atoms with Crippen molar-refractivity contribution in [2.45, 2.75) is 24.8 Å². The Hall–Kier alpha value is -2.46. The van der Waals surface area contributed by atoms with E-state index in [1.165, 1.54) is 27.1 Å². The Morgan fingerprint density at radius 3 is 2.60 bits per heavy atom. The molecule has 0 bridgehead atoms. The van der Waals surface area contributed by atoms with Gasteiger partial charge in [0, 0.05) is 39.7 Å². The third-order valence-electron chi connectivity index (χ3n) is 4.50. The molecule has 0 aliphatic carbocycles. The summed E-state index contributed by atoms with van der Waals surface area (Å²) in [5.74, 6) is -0.742. The van der Waals surface area contributed by atoms with E-state index >= 15 is 0 Å². The van der Waals surface area contributed by atoms with E-state index in [0.29, 0.717) is 29.8 Å². The van der Waals surface area contributed by atoms with Gasteiger partial charge in [0.15, 0.2) is 5.71 Å². The summed E-state index contributed by atoms with van der Waals surface area (Å²) in [7, 11) is -1.00. The smallest absolute Gasteiger partial charge is 0.278 e. The predicted octanol–water partition coefficient (Wildman–Crippen LogP) is -0.0281. The molecule has 0 atom stereocenters. The molecule has 134 valence electrons. The maximum absolute atomic E-state index is 12.8. The lowest BCUT2D eigenvalue weighted by atomic mass is 9.94. The second-order valence-corrected chi connectivity index (χ2v) is 8.26. The molecule has 9 nitrogen and oxygen atoms in total. The highest BCUT2D eigenvalue weighted by atomic mass is 32.2. The molecule has 10 heteroatoms. The summed E-state index contributed by atoms with van der Waals surface area (Å²) in [6.07, 6.45) is 0.396. The molecule has 0 aromatic heterocycles. The van der Waals surface area contributed by atoms with Crippen molar-refractivity contribution in [3.05, 3.63) is 22.8 Å². The maximum atomic E-state index is 12.8. The maximum Gasteiger partial charge on any atom is 0.278 e. The van der Waals surface area contributed by atoms with Gasteiger partial charge in [0.25, 0.3) is 5.91 Å². The van der Waals surface area contributed by atoms with Crippen molar-refractivity contribution in [3.8, 4) is 0 Å². The number of carbonyl (C=O) groups excluding carboxylic acids is 2. The molecule has 1 aromatic rings. The minimum Gasteiger partial charge on any atom is -0.410 e. The molecule has 0 spiro atoms. The van der Waals surface area contributed by atoms with E-state index < -0.39 is 15.9 Å². The van der Waals surface area contributed by atoms with Crippen LogP contribution in [0.1, 0.15) is 23.6 Å². The quantitative estimate of drug-likeness (QED) is 0.563. The first-order chi connectivity index (χ1) is 11.7. The Balaban J connectivity index is 2.31. The number of carbonyl (C=O) groups is 2. The van der Waals surface area contributed by atoms with Crippen LogP contribution in [0.2, 0.25) is 0 Å². The van der Waals surface area contributed by atoms with Crippen molar-refractivity contribution in [2.75, 3.05) is 26.0 Å². The Morgan fingerprint density at radius 1 is 1.36 bits per heavy atom. The van der Waals surface area contributed by atoms with E-state index in [-0.39, 0.29) is 28.6 Å². The third kappa shape index (κ3) is 2.57. The molecule has 1 aromatic carbocycles. The third-order valence-corrected chi connectivity index (χ3v) is 6.38. The van der Waals surface area contributed by atoms with Gasteiger partial charge >= 0.3 is 0 Å². The van der Waals surface area contributed by atoms with Crippen LogP contribution in [0.5, 0.6) is 0 Å². The van der Waals surface area contributed by atoms with Crippen LogP contribution >= 0.6 is 0 Å². The summed E-state index contributed by atoms with van der Waals surface area (Å²) in [6, 6.07) is 1.33. The summed E-state index contributed by atoms with van der Waals surface area (Å²) >= 11 is 0. The predicted molar refractivity (Wildman–Crippen MR) is 89.1 cm³/mol.